The van der Waals surface area contributed by atoms with Gasteiger partial charge in [-0.25, -0.2) is 9.48 Å². The van der Waals surface area contributed by atoms with Gasteiger partial charge >= 0.3 is 6.09 Å². The Morgan fingerprint density at radius 2 is 1.93 bits per heavy atom. The first-order valence-electron chi connectivity index (χ1n) is 8.63. The molecule has 1 aromatic heterocycles. The molecule has 2 aromatic rings. The number of benzene rings is 1. The van der Waals surface area contributed by atoms with Gasteiger partial charge in [-0.15, -0.1) is 5.10 Å². The molecule has 27 heavy (non-hydrogen) atoms. The standard InChI is InChI=1S/C18H22ClN5O3/c1-12-16(20-21-24(12)14-8-6-5-7-13(14)19)23-10-9-22(11-15(23)25)17(26)27-18(2,3)4/h5-8H,9-11H2,1-4H3. The number of para-hydroxylation sites is 1. The Kier molecular flexibility index (Phi) is 5.10. The van der Waals surface area contributed by atoms with Gasteiger partial charge in [0.05, 0.1) is 16.4 Å². The topological polar surface area (TPSA) is 80.6 Å². The van der Waals surface area contributed by atoms with Crippen LogP contribution in [0.2, 0.25) is 5.02 Å². The van der Waals surface area contributed by atoms with Crippen LogP contribution in [0.4, 0.5) is 10.6 Å². The highest BCUT2D eigenvalue weighted by atomic mass is 35.5. The van der Waals surface area contributed by atoms with Crippen LogP contribution in [0, 0.1) is 6.92 Å². The van der Waals surface area contributed by atoms with Gasteiger partial charge in [0.2, 0.25) is 5.91 Å². The molecule has 3 rings (SSSR count). The third-order valence-electron chi connectivity index (χ3n) is 4.08. The third kappa shape index (κ3) is 4.05. The van der Waals surface area contributed by atoms with Gasteiger partial charge in [-0.1, -0.05) is 28.9 Å². The molecule has 2 amide bonds. The predicted molar refractivity (Wildman–Crippen MR) is 101 cm³/mol. The lowest BCUT2D eigenvalue weighted by atomic mass is 10.2. The summed E-state index contributed by atoms with van der Waals surface area (Å²) >= 11 is 6.23. The number of hydrogen-bond donors (Lipinski definition) is 0. The molecule has 0 spiro atoms. The normalized spacial score (nSPS) is 15.2. The van der Waals surface area contributed by atoms with E-state index in [-0.39, 0.29) is 12.5 Å². The average Bonchev–Trinajstić information content (AvgIpc) is 2.95. The minimum atomic E-state index is -0.606. The first-order valence-corrected chi connectivity index (χ1v) is 9.00. The summed E-state index contributed by atoms with van der Waals surface area (Å²) in [6.07, 6.45) is -0.494. The van der Waals surface area contributed by atoms with Crippen molar-refractivity contribution >= 4 is 29.4 Å². The molecule has 0 aliphatic carbocycles. The first-order chi connectivity index (χ1) is 12.7. The van der Waals surface area contributed by atoms with E-state index in [9.17, 15) is 9.59 Å². The lowest BCUT2D eigenvalue weighted by Gasteiger charge is -2.34. The van der Waals surface area contributed by atoms with E-state index in [0.717, 1.165) is 0 Å². The molecule has 1 aromatic carbocycles. The monoisotopic (exact) mass is 391 g/mol. The van der Waals surface area contributed by atoms with Crippen molar-refractivity contribution in [3.63, 3.8) is 0 Å². The van der Waals surface area contributed by atoms with Crippen molar-refractivity contribution in [2.45, 2.75) is 33.3 Å². The molecular weight excluding hydrogens is 370 g/mol. The molecule has 0 radical (unpaired) electrons. The Labute approximate surface area is 162 Å². The summed E-state index contributed by atoms with van der Waals surface area (Å²) in [6.45, 7) is 7.82. The highest BCUT2D eigenvalue weighted by Gasteiger charge is 2.33. The Bertz CT molecular complexity index is 874. The number of hydrogen-bond acceptors (Lipinski definition) is 5. The van der Waals surface area contributed by atoms with Gasteiger partial charge in [0.1, 0.15) is 12.1 Å². The maximum absolute atomic E-state index is 12.6. The lowest BCUT2D eigenvalue weighted by molar-refractivity contribution is -0.121. The third-order valence-corrected chi connectivity index (χ3v) is 4.40. The lowest BCUT2D eigenvalue weighted by Crippen LogP contribution is -2.53. The van der Waals surface area contributed by atoms with Gasteiger partial charge in [-0.2, -0.15) is 0 Å². The molecule has 8 nitrogen and oxygen atoms in total. The Balaban J connectivity index is 1.77. The van der Waals surface area contributed by atoms with Crippen LogP contribution in [0.3, 0.4) is 0 Å². The van der Waals surface area contributed by atoms with Crippen molar-refractivity contribution in [1.82, 2.24) is 19.9 Å². The summed E-state index contributed by atoms with van der Waals surface area (Å²) < 4.78 is 6.94. The van der Waals surface area contributed by atoms with Crippen molar-refractivity contribution in [2.75, 3.05) is 24.5 Å². The van der Waals surface area contributed by atoms with Crippen LogP contribution in [-0.4, -0.2) is 57.1 Å². The van der Waals surface area contributed by atoms with Crippen LogP contribution in [0.5, 0.6) is 0 Å². The number of nitrogens with zero attached hydrogens (tertiary/aromatic N) is 5. The predicted octanol–water partition coefficient (Wildman–Crippen LogP) is 2.81. The largest absolute Gasteiger partial charge is 0.444 e. The average molecular weight is 392 g/mol. The molecule has 1 fully saturated rings. The van der Waals surface area contributed by atoms with Crippen molar-refractivity contribution in [1.29, 1.82) is 0 Å². The van der Waals surface area contributed by atoms with E-state index in [1.165, 1.54) is 9.80 Å². The second kappa shape index (κ2) is 7.19. The molecule has 0 N–H and O–H groups in total. The fourth-order valence-corrected chi connectivity index (χ4v) is 3.02. The molecular formula is C18H22ClN5O3. The Morgan fingerprint density at radius 3 is 2.56 bits per heavy atom. The second-order valence-electron chi connectivity index (χ2n) is 7.31. The van der Waals surface area contributed by atoms with Gasteiger partial charge in [0.15, 0.2) is 5.82 Å². The molecule has 144 valence electrons. The van der Waals surface area contributed by atoms with E-state index in [4.69, 9.17) is 16.3 Å². The quantitative estimate of drug-likeness (QED) is 0.786. The van der Waals surface area contributed by atoms with E-state index >= 15 is 0 Å². The molecule has 0 saturated carbocycles. The van der Waals surface area contributed by atoms with Crippen LogP contribution < -0.4 is 4.90 Å². The Morgan fingerprint density at radius 1 is 1.22 bits per heavy atom. The van der Waals surface area contributed by atoms with Gasteiger partial charge in [-0.3, -0.25) is 14.6 Å². The summed E-state index contributed by atoms with van der Waals surface area (Å²) in [4.78, 5) is 27.7. The fourth-order valence-electron chi connectivity index (χ4n) is 2.80. The number of piperazine rings is 1. The molecule has 9 heteroatoms. The summed E-state index contributed by atoms with van der Waals surface area (Å²) in [7, 11) is 0. The number of halogens is 1. The minimum absolute atomic E-state index is 0.0622. The van der Waals surface area contributed by atoms with Crippen molar-refractivity contribution < 1.29 is 14.3 Å². The fraction of sp³-hybridized carbons (Fsp3) is 0.444. The second-order valence-corrected chi connectivity index (χ2v) is 7.72. The van der Waals surface area contributed by atoms with Crippen LogP contribution >= 0.6 is 11.6 Å². The highest BCUT2D eigenvalue weighted by molar-refractivity contribution is 6.32. The smallest absolute Gasteiger partial charge is 0.410 e. The summed E-state index contributed by atoms with van der Waals surface area (Å²) in [6, 6.07) is 7.28. The number of carbonyl (C=O) groups excluding carboxylic acids is 2. The van der Waals surface area contributed by atoms with Crippen molar-refractivity contribution in [3.05, 3.63) is 35.0 Å². The van der Waals surface area contributed by atoms with Crippen LogP contribution in [0.15, 0.2) is 24.3 Å². The Hall–Kier alpha value is -2.61. The molecule has 1 aliphatic rings. The van der Waals surface area contributed by atoms with E-state index in [0.29, 0.717) is 35.3 Å². The highest BCUT2D eigenvalue weighted by Crippen LogP contribution is 2.25. The first kappa shape index (κ1) is 19.2. The zero-order valence-electron chi connectivity index (χ0n) is 15.8. The molecule has 1 aliphatic heterocycles. The number of aromatic nitrogens is 3. The number of ether oxygens (including phenoxy) is 1. The number of anilines is 1. The van der Waals surface area contributed by atoms with Gasteiger partial charge in [0, 0.05) is 13.1 Å². The molecule has 1 saturated heterocycles. The zero-order valence-corrected chi connectivity index (χ0v) is 16.5. The minimum Gasteiger partial charge on any atom is -0.444 e. The summed E-state index contributed by atoms with van der Waals surface area (Å²) in [5.41, 5.74) is 0.781. The van der Waals surface area contributed by atoms with E-state index < -0.39 is 11.7 Å². The van der Waals surface area contributed by atoms with Gasteiger partial charge in [0.25, 0.3) is 0 Å². The van der Waals surface area contributed by atoms with Crippen LogP contribution in [0.1, 0.15) is 26.5 Å². The number of carbonyl (C=O) groups is 2. The van der Waals surface area contributed by atoms with E-state index in [2.05, 4.69) is 10.3 Å². The SMILES string of the molecule is Cc1c(N2CCN(C(=O)OC(C)(C)C)CC2=O)nnn1-c1ccccc1Cl. The van der Waals surface area contributed by atoms with Crippen molar-refractivity contribution in [3.8, 4) is 5.69 Å². The summed E-state index contributed by atoms with van der Waals surface area (Å²) in [5, 5.41) is 8.84. The van der Waals surface area contributed by atoms with E-state index in [1.54, 1.807) is 31.5 Å². The van der Waals surface area contributed by atoms with Crippen LogP contribution in [0.25, 0.3) is 5.69 Å². The molecule has 0 bridgehead atoms. The maximum atomic E-state index is 12.6. The van der Waals surface area contributed by atoms with Crippen molar-refractivity contribution in [2.24, 2.45) is 0 Å². The summed E-state index contributed by atoms with van der Waals surface area (Å²) in [5.74, 6) is 0.227. The maximum Gasteiger partial charge on any atom is 0.410 e. The van der Waals surface area contributed by atoms with Crippen LogP contribution in [-0.2, 0) is 9.53 Å². The van der Waals surface area contributed by atoms with Gasteiger partial charge < -0.3 is 4.74 Å². The van der Waals surface area contributed by atoms with Gasteiger partial charge in [-0.05, 0) is 39.8 Å². The molecule has 0 atom stereocenters. The number of rotatable bonds is 2. The number of amides is 2. The van der Waals surface area contributed by atoms with E-state index in [1.807, 2.05) is 25.1 Å². The molecule has 0 unspecified atom stereocenters. The molecule has 2 heterocycles. The zero-order chi connectivity index (χ0) is 19.8.